The first-order chi connectivity index (χ1) is 5.59. The van der Waals surface area contributed by atoms with Crippen molar-refractivity contribution in [2.45, 2.75) is 37.6 Å². The maximum atomic E-state index is 12.8. The normalized spacial score (nSPS) is 36.0. The number of rotatable bonds is 1. The topological polar surface area (TPSA) is 69.6 Å². The molecular formula is C7H12FNO3. The molecule has 1 saturated carbocycles. The minimum atomic E-state index is -1.30. The summed E-state index contributed by atoms with van der Waals surface area (Å²) in [6.45, 7) is 0. The number of amides is 1. The number of nitrogens with one attached hydrogen (secondary N) is 1. The van der Waals surface area contributed by atoms with E-state index in [0.717, 1.165) is 0 Å². The molecule has 0 radical (unpaired) electrons. The molecule has 0 aromatic carbocycles. The predicted molar refractivity (Wildman–Crippen MR) is 39.7 cm³/mol. The Bertz CT molecular complexity index is 176. The van der Waals surface area contributed by atoms with Gasteiger partial charge in [0.05, 0.1) is 6.10 Å². The number of carboxylic acid groups (broad SMARTS) is 1. The van der Waals surface area contributed by atoms with Crippen molar-refractivity contribution in [3.05, 3.63) is 0 Å². The van der Waals surface area contributed by atoms with Crippen molar-refractivity contribution < 1.29 is 19.4 Å². The zero-order valence-electron chi connectivity index (χ0n) is 6.53. The minimum Gasteiger partial charge on any atom is -0.465 e. The fourth-order valence-corrected chi connectivity index (χ4v) is 1.41. The van der Waals surface area contributed by atoms with Gasteiger partial charge >= 0.3 is 6.09 Å². The van der Waals surface area contributed by atoms with E-state index in [1.165, 1.54) is 0 Å². The van der Waals surface area contributed by atoms with E-state index in [9.17, 15) is 9.18 Å². The molecule has 1 rings (SSSR count). The molecule has 0 spiro atoms. The first-order valence-corrected chi connectivity index (χ1v) is 3.91. The van der Waals surface area contributed by atoms with E-state index < -0.39 is 18.4 Å². The Kier molecular flexibility index (Phi) is 2.86. The van der Waals surface area contributed by atoms with E-state index in [0.29, 0.717) is 12.8 Å². The van der Waals surface area contributed by atoms with E-state index in [-0.39, 0.29) is 12.5 Å². The van der Waals surface area contributed by atoms with E-state index in [2.05, 4.69) is 5.32 Å². The fraction of sp³-hybridized carbons (Fsp3) is 0.857. The summed E-state index contributed by atoms with van der Waals surface area (Å²) in [7, 11) is 0. The van der Waals surface area contributed by atoms with Crippen molar-refractivity contribution in [2.75, 3.05) is 0 Å². The van der Waals surface area contributed by atoms with E-state index in [4.69, 9.17) is 10.2 Å². The summed E-state index contributed by atoms with van der Waals surface area (Å²) in [5, 5.41) is 19.5. The van der Waals surface area contributed by atoms with Gasteiger partial charge in [0.2, 0.25) is 0 Å². The Morgan fingerprint density at radius 1 is 1.50 bits per heavy atom. The summed E-state index contributed by atoms with van der Waals surface area (Å²) >= 11 is 0. The van der Waals surface area contributed by atoms with Gasteiger partial charge in [0.1, 0.15) is 6.17 Å². The SMILES string of the molecule is O=C(O)N[C@@H]1CC[C@H](O)[C@@H](F)C1. The molecule has 3 N–H and O–H groups in total. The molecule has 0 aromatic heterocycles. The van der Waals surface area contributed by atoms with Gasteiger partial charge in [-0.3, -0.25) is 0 Å². The average Bonchev–Trinajstić information content (AvgIpc) is 1.96. The number of carbonyl (C=O) groups is 1. The molecule has 0 unspecified atom stereocenters. The molecule has 1 aliphatic rings. The van der Waals surface area contributed by atoms with Gasteiger partial charge in [-0.25, -0.2) is 9.18 Å². The van der Waals surface area contributed by atoms with Gasteiger partial charge in [0, 0.05) is 12.5 Å². The van der Waals surface area contributed by atoms with Gasteiger partial charge in [-0.2, -0.15) is 0 Å². The van der Waals surface area contributed by atoms with Crippen LogP contribution in [-0.4, -0.2) is 34.6 Å². The van der Waals surface area contributed by atoms with Crippen LogP contribution in [0.5, 0.6) is 0 Å². The maximum absolute atomic E-state index is 12.8. The Morgan fingerprint density at radius 2 is 2.17 bits per heavy atom. The van der Waals surface area contributed by atoms with Gasteiger partial charge in [0.25, 0.3) is 0 Å². The van der Waals surface area contributed by atoms with Crippen LogP contribution in [0, 0.1) is 0 Å². The first-order valence-electron chi connectivity index (χ1n) is 3.91. The molecule has 0 aromatic rings. The minimum absolute atomic E-state index is 0.0769. The predicted octanol–water partition coefficient (Wildman–Crippen LogP) is 0.505. The lowest BCUT2D eigenvalue weighted by Crippen LogP contribution is -2.42. The highest BCUT2D eigenvalue weighted by Crippen LogP contribution is 2.21. The number of aliphatic hydroxyl groups is 1. The third kappa shape index (κ3) is 2.34. The maximum Gasteiger partial charge on any atom is 0.404 e. The molecule has 0 saturated heterocycles. The lowest BCUT2D eigenvalue weighted by Gasteiger charge is -2.28. The standard InChI is InChI=1S/C7H12FNO3/c8-5-3-4(9-7(11)12)1-2-6(5)10/h4-6,9-10H,1-3H2,(H,11,12)/t4-,5+,6+/m1/s1. The Morgan fingerprint density at radius 3 is 2.67 bits per heavy atom. The molecule has 3 atom stereocenters. The molecule has 1 fully saturated rings. The molecule has 0 aliphatic heterocycles. The molecule has 70 valence electrons. The summed E-state index contributed by atoms with van der Waals surface area (Å²) in [6.07, 6.45) is -2.44. The molecule has 12 heavy (non-hydrogen) atoms. The summed E-state index contributed by atoms with van der Waals surface area (Å²) in [6, 6.07) is -0.346. The number of hydrogen-bond acceptors (Lipinski definition) is 2. The lowest BCUT2D eigenvalue weighted by atomic mass is 9.92. The smallest absolute Gasteiger partial charge is 0.404 e. The van der Waals surface area contributed by atoms with Crippen LogP contribution in [0.2, 0.25) is 0 Å². The van der Waals surface area contributed by atoms with Crippen LogP contribution < -0.4 is 5.32 Å². The van der Waals surface area contributed by atoms with Crippen molar-refractivity contribution in [3.63, 3.8) is 0 Å². The zero-order chi connectivity index (χ0) is 9.14. The van der Waals surface area contributed by atoms with Gasteiger partial charge < -0.3 is 15.5 Å². The van der Waals surface area contributed by atoms with E-state index in [1.807, 2.05) is 0 Å². The van der Waals surface area contributed by atoms with Crippen molar-refractivity contribution >= 4 is 6.09 Å². The monoisotopic (exact) mass is 177 g/mol. The largest absolute Gasteiger partial charge is 0.465 e. The van der Waals surface area contributed by atoms with Crippen LogP contribution in [0.1, 0.15) is 19.3 Å². The highest BCUT2D eigenvalue weighted by molar-refractivity contribution is 5.64. The number of alkyl halides is 1. The first kappa shape index (κ1) is 9.25. The summed E-state index contributed by atoms with van der Waals surface area (Å²) in [4.78, 5) is 10.2. The van der Waals surface area contributed by atoms with Gasteiger partial charge in [0.15, 0.2) is 0 Å². The lowest BCUT2D eigenvalue weighted by molar-refractivity contribution is 0.0329. The Balaban J connectivity index is 2.35. The van der Waals surface area contributed by atoms with Crippen LogP contribution >= 0.6 is 0 Å². The van der Waals surface area contributed by atoms with Crippen LogP contribution in [-0.2, 0) is 0 Å². The van der Waals surface area contributed by atoms with Gasteiger partial charge in [-0.15, -0.1) is 0 Å². The van der Waals surface area contributed by atoms with Crippen molar-refractivity contribution in [3.8, 4) is 0 Å². The zero-order valence-corrected chi connectivity index (χ0v) is 6.53. The quantitative estimate of drug-likeness (QED) is 0.546. The molecular weight excluding hydrogens is 165 g/mol. The summed E-state index contributed by atoms with van der Waals surface area (Å²) in [5.74, 6) is 0. The Hall–Kier alpha value is -0.840. The van der Waals surface area contributed by atoms with Crippen LogP contribution in [0.4, 0.5) is 9.18 Å². The summed E-state index contributed by atoms with van der Waals surface area (Å²) in [5.41, 5.74) is 0. The number of aliphatic hydroxyl groups excluding tert-OH is 1. The number of hydrogen-bond donors (Lipinski definition) is 3. The van der Waals surface area contributed by atoms with E-state index in [1.54, 1.807) is 0 Å². The molecule has 0 heterocycles. The highest BCUT2D eigenvalue weighted by atomic mass is 19.1. The summed E-state index contributed by atoms with van der Waals surface area (Å²) < 4.78 is 12.8. The average molecular weight is 177 g/mol. The van der Waals surface area contributed by atoms with Crippen molar-refractivity contribution in [1.29, 1.82) is 0 Å². The molecule has 1 aliphatic carbocycles. The third-order valence-corrected chi connectivity index (χ3v) is 2.07. The molecule has 0 bridgehead atoms. The van der Waals surface area contributed by atoms with Crippen molar-refractivity contribution in [2.24, 2.45) is 0 Å². The Labute approximate surface area is 69.4 Å². The van der Waals surface area contributed by atoms with Crippen LogP contribution in [0.3, 0.4) is 0 Å². The van der Waals surface area contributed by atoms with Gasteiger partial charge in [-0.1, -0.05) is 0 Å². The van der Waals surface area contributed by atoms with E-state index >= 15 is 0 Å². The third-order valence-electron chi connectivity index (χ3n) is 2.07. The van der Waals surface area contributed by atoms with Crippen molar-refractivity contribution in [1.82, 2.24) is 5.32 Å². The molecule has 1 amide bonds. The molecule has 4 nitrogen and oxygen atoms in total. The van der Waals surface area contributed by atoms with Crippen LogP contribution in [0.25, 0.3) is 0 Å². The fourth-order valence-electron chi connectivity index (χ4n) is 1.41. The van der Waals surface area contributed by atoms with Crippen LogP contribution in [0.15, 0.2) is 0 Å². The second-order valence-corrected chi connectivity index (χ2v) is 3.04. The second-order valence-electron chi connectivity index (χ2n) is 3.04. The number of halogens is 1. The second kappa shape index (κ2) is 3.71. The molecule has 5 heteroatoms. The van der Waals surface area contributed by atoms with Gasteiger partial charge in [-0.05, 0) is 12.8 Å². The highest BCUT2D eigenvalue weighted by Gasteiger charge is 2.29.